The average molecular weight is 422 g/mol. The Labute approximate surface area is 173 Å². The first-order chi connectivity index (χ1) is 13.7. The van der Waals surface area contributed by atoms with Crippen LogP contribution in [0, 0.1) is 0 Å². The van der Waals surface area contributed by atoms with Gasteiger partial charge in [0.1, 0.15) is 5.60 Å². The number of hydrazone groups is 1. The molecule has 0 bridgehead atoms. The van der Waals surface area contributed by atoms with Gasteiger partial charge < -0.3 is 14.9 Å². The highest BCUT2D eigenvalue weighted by Crippen LogP contribution is 2.49. The van der Waals surface area contributed by atoms with E-state index in [1.54, 1.807) is 6.07 Å². The zero-order valence-corrected chi connectivity index (χ0v) is 17.5. The second kappa shape index (κ2) is 7.11. The molecule has 5 nitrogen and oxygen atoms in total. The van der Waals surface area contributed by atoms with Crippen molar-refractivity contribution >= 4 is 11.4 Å². The van der Waals surface area contributed by atoms with E-state index in [2.05, 4.69) is 10.5 Å². The number of aromatic hydroxyl groups is 2. The van der Waals surface area contributed by atoms with Crippen LogP contribution in [0.15, 0.2) is 35.4 Å². The molecule has 0 atom stereocenters. The maximum absolute atomic E-state index is 12.7. The Morgan fingerprint density at radius 2 is 1.63 bits per heavy atom. The fourth-order valence-corrected chi connectivity index (χ4v) is 3.31. The van der Waals surface area contributed by atoms with Gasteiger partial charge in [0.25, 0.3) is 0 Å². The second-order valence-corrected chi connectivity index (χ2v) is 9.03. The van der Waals surface area contributed by atoms with E-state index in [-0.39, 0.29) is 17.2 Å². The normalized spacial score (nSPS) is 17.4. The van der Waals surface area contributed by atoms with Crippen molar-refractivity contribution in [3.05, 3.63) is 47.0 Å². The van der Waals surface area contributed by atoms with E-state index in [1.165, 1.54) is 12.1 Å². The predicted molar refractivity (Wildman–Crippen MR) is 109 cm³/mol. The number of halogens is 3. The van der Waals surface area contributed by atoms with Crippen LogP contribution in [0.4, 0.5) is 18.9 Å². The molecule has 0 amide bonds. The van der Waals surface area contributed by atoms with Crippen molar-refractivity contribution in [3.8, 4) is 17.2 Å². The number of phenols is 2. The number of hydrogen-bond donors (Lipinski definition) is 3. The highest BCUT2D eigenvalue weighted by Gasteiger charge is 2.36. The van der Waals surface area contributed by atoms with Crippen molar-refractivity contribution in [3.63, 3.8) is 0 Å². The summed E-state index contributed by atoms with van der Waals surface area (Å²) in [5.41, 5.74) is 2.89. The van der Waals surface area contributed by atoms with Gasteiger partial charge in [-0.2, -0.15) is 18.3 Å². The molecule has 0 aromatic heterocycles. The van der Waals surface area contributed by atoms with E-state index in [9.17, 15) is 23.4 Å². The molecule has 0 spiro atoms. The smallest absolute Gasteiger partial charge is 0.416 e. The van der Waals surface area contributed by atoms with Gasteiger partial charge in [0, 0.05) is 17.5 Å². The van der Waals surface area contributed by atoms with Crippen LogP contribution in [0.3, 0.4) is 0 Å². The lowest BCUT2D eigenvalue weighted by molar-refractivity contribution is -0.137. The van der Waals surface area contributed by atoms with E-state index in [0.29, 0.717) is 28.9 Å². The maximum atomic E-state index is 12.7. The van der Waals surface area contributed by atoms with Crippen LogP contribution in [-0.2, 0) is 11.6 Å². The molecule has 1 aliphatic rings. The third-order valence-electron chi connectivity index (χ3n) is 4.85. The van der Waals surface area contributed by atoms with E-state index >= 15 is 0 Å². The summed E-state index contributed by atoms with van der Waals surface area (Å²) in [6.07, 6.45) is -4.02. The number of fused-ring (bicyclic) bond motifs is 1. The summed E-state index contributed by atoms with van der Waals surface area (Å²) in [6.45, 7) is 9.34. The lowest BCUT2D eigenvalue weighted by Gasteiger charge is -2.35. The van der Waals surface area contributed by atoms with Crippen molar-refractivity contribution in [2.24, 2.45) is 5.10 Å². The minimum absolute atomic E-state index is 0.129. The number of hydrogen-bond acceptors (Lipinski definition) is 5. The van der Waals surface area contributed by atoms with Gasteiger partial charge in [-0.1, -0.05) is 20.8 Å². The number of nitrogens with zero attached hydrogens (tertiary/aromatic N) is 1. The first-order valence-electron chi connectivity index (χ1n) is 9.48. The molecule has 1 aliphatic heterocycles. The molecule has 0 radical (unpaired) electrons. The number of alkyl halides is 3. The minimum atomic E-state index is -4.41. The standard InChI is InChI=1S/C22H25F3N2O3/c1-20(2,3)15-10-14-16(11-21(4,5)30-19(14)18(29)17(15)28)27-26-13-8-6-12(7-9-13)22(23,24)25/h6-10,26,28-29H,11H2,1-5H3/b27-16+. The average Bonchev–Trinajstić information content (AvgIpc) is 2.61. The quantitative estimate of drug-likeness (QED) is 0.423. The Bertz CT molecular complexity index is 989. The van der Waals surface area contributed by atoms with Crippen LogP contribution >= 0.6 is 0 Å². The van der Waals surface area contributed by atoms with Gasteiger partial charge in [-0.25, -0.2) is 0 Å². The Balaban J connectivity index is 2.03. The van der Waals surface area contributed by atoms with Crippen molar-refractivity contribution in [1.29, 1.82) is 0 Å². The molecule has 3 rings (SSSR count). The topological polar surface area (TPSA) is 74.1 Å². The highest BCUT2D eigenvalue weighted by atomic mass is 19.4. The molecule has 0 saturated heterocycles. The summed E-state index contributed by atoms with van der Waals surface area (Å²) in [5, 5.41) is 25.4. The molecule has 3 N–H and O–H groups in total. The fraction of sp³-hybridized carbons (Fsp3) is 0.409. The summed E-state index contributed by atoms with van der Waals surface area (Å²) in [5.74, 6) is -0.467. The lowest BCUT2D eigenvalue weighted by atomic mass is 9.82. The molecule has 162 valence electrons. The number of rotatable bonds is 2. The Morgan fingerprint density at radius 1 is 1.03 bits per heavy atom. The number of nitrogens with one attached hydrogen (secondary N) is 1. The first-order valence-corrected chi connectivity index (χ1v) is 9.48. The molecule has 2 aromatic rings. The molecule has 0 saturated carbocycles. The van der Waals surface area contributed by atoms with Crippen LogP contribution in [0.1, 0.15) is 57.7 Å². The second-order valence-electron chi connectivity index (χ2n) is 9.03. The van der Waals surface area contributed by atoms with Gasteiger partial charge >= 0.3 is 6.18 Å². The molecule has 0 unspecified atom stereocenters. The zero-order valence-electron chi connectivity index (χ0n) is 17.5. The molecule has 8 heteroatoms. The number of anilines is 1. The van der Waals surface area contributed by atoms with Crippen molar-refractivity contribution < 1.29 is 28.1 Å². The summed E-state index contributed by atoms with van der Waals surface area (Å²) in [6, 6.07) is 6.28. The molecule has 2 aromatic carbocycles. The van der Waals surface area contributed by atoms with Crippen molar-refractivity contribution in [1.82, 2.24) is 0 Å². The van der Waals surface area contributed by atoms with Gasteiger partial charge in [0.15, 0.2) is 11.5 Å². The lowest BCUT2D eigenvalue weighted by Crippen LogP contribution is -2.37. The van der Waals surface area contributed by atoms with Crippen molar-refractivity contribution in [2.75, 3.05) is 5.43 Å². The summed E-state index contributed by atoms with van der Waals surface area (Å²) < 4.78 is 44.1. The van der Waals surface area contributed by atoms with Crippen LogP contribution in [0.25, 0.3) is 0 Å². The first kappa shape index (κ1) is 21.8. The summed E-state index contributed by atoms with van der Waals surface area (Å²) in [7, 11) is 0. The summed E-state index contributed by atoms with van der Waals surface area (Å²) in [4.78, 5) is 0. The summed E-state index contributed by atoms with van der Waals surface area (Å²) >= 11 is 0. The number of benzene rings is 2. The third kappa shape index (κ3) is 4.32. The van der Waals surface area contributed by atoms with Gasteiger partial charge in [0.2, 0.25) is 5.75 Å². The number of ether oxygens (including phenoxy) is 1. The molecular weight excluding hydrogens is 397 g/mol. The SMILES string of the molecule is CC1(C)C/C(=N\Nc2ccc(C(F)(F)F)cc2)c2cc(C(C)(C)C)c(O)c(O)c2O1. The monoisotopic (exact) mass is 422 g/mol. The molecule has 0 aliphatic carbocycles. The highest BCUT2D eigenvalue weighted by molar-refractivity contribution is 6.06. The maximum Gasteiger partial charge on any atom is 0.416 e. The largest absolute Gasteiger partial charge is 0.504 e. The van der Waals surface area contributed by atoms with Crippen LogP contribution in [0.5, 0.6) is 17.2 Å². The van der Waals surface area contributed by atoms with Gasteiger partial charge in [-0.05, 0) is 49.6 Å². The van der Waals surface area contributed by atoms with Gasteiger partial charge in [-0.3, -0.25) is 5.43 Å². The Kier molecular flexibility index (Phi) is 5.16. The molecule has 30 heavy (non-hydrogen) atoms. The minimum Gasteiger partial charge on any atom is -0.504 e. The molecule has 1 heterocycles. The van der Waals surface area contributed by atoms with Crippen molar-refractivity contribution in [2.45, 2.75) is 58.2 Å². The Morgan fingerprint density at radius 3 is 2.17 bits per heavy atom. The van der Waals surface area contributed by atoms with E-state index < -0.39 is 22.8 Å². The van der Waals surface area contributed by atoms with E-state index in [1.807, 2.05) is 34.6 Å². The molecular formula is C22H25F3N2O3. The van der Waals surface area contributed by atoms with Crippen LogP contribution < -0.4 is 10.2 Å². The fourth-order valence-electron chi connectivity index (χ4n) is 3.31. The van der Waals surface area contributed by atoms with E-state index in [4.69, 9.17) is 4.74 Å². The zero-order chi connectivity index (χ0) is 22.5. The van der Waals surface area contributed by atoms with Crippen LogP contribution in [-0.4, -0.2) is 21.5 Å². The van der Waals surface area contributed by atoms with E-state index in [0.717, 1.165) is 12.1 Å². The van der Waals surface area contributed by atoms with Gasteiger partial charge in [0.05, 0.1) is 17.0 Å². The number of phenolic OH excluding ortho intramolecular Hbond substituents is 2. The third-order valence-corrected chi connectivity index (χ3v) is 4.85. The predicted octanol–water partition coefficient (Wildman–Crippen LogP) is 5.79. The van der Waals surface area contributed by atoms with Gasteiger partial charge in [-0.15, -0.1) is 0 Å². The molecule has 0 fully saturated rings. The van der Waals surface area contributed by atoms with Crippen LogP contribution in [0.2, 0.25) is 0 Å². The Hall–Kier alpha value is -2.90.